The quantitative estimate of drug-likeness (QED) is 0.391. The van der Waals surface area contributed by atoms with E-state index in [1.807, 2.05) is 6.92 Å². The van der Waals surface area contributed by atoms with E-state index in [4.69, 9.17) is 15.3 Å². The zero-order valence-corrected chi connectivity index (χ0v) is 8.84. The largest absolute Gasteiger partial charge is 0.379 e. The van der Waals surface area contributed by atoms with Gasteiger partial charge in [0.05, 0.1) is 13.2 Å². The molecule has 0 aliphatic carbocycles. The van der Waals surface area contributed by atoms with E-state index in [1.54, 1.807) is 0 Å². The Kier molecular flexibility index (Phi) is 5.38. The third-order valence-corrected chi connectivity index (χ3v) is 2.22. The Morgan fingerprint density at radius 3 is 2.79 bits per heavy atom. The topological polar surface area (TPSA) is 82.3 Å². The van der Waals surface area contributed by atoms with Crippen molar-refractivity contribution in [2.75, 3.05) is 25.2 Å². The number of nitrogen functional groups attached to an aromatic ring is 1. The Balaban J connectivity index is 2.12. The fourth-order valence-electron chi connectivity index (χ4n) is 0.792. The molecule has 1 rings (SSSR count). The van der Waals surface area contributed by atoms with Gasteiger partial charge in [-0.05, 0) is 6.92 Å². The van der Waals surface area contributed by atoms with Crippen LogP contribution in [0, 0.1) is 0 Å². The molecule has 1 aromatic heterocycles. The fourth-order valence-corrected chi connectivity index (χ4v) is 1.38. The Bertz CT molecular complexity index is 256. The smallest absolute Gasteiger partial charge is 0.219 e. The lowest BCUT2D eigenvalue weighted by molar-refractivity contribution is 0.0450. The number of hydrogen-bond donors (Lipinski definition) is 2. The van der Waals surface area contributed by atoms with Crippen molar-refractivity contribution < 1.29 is 9.47 Å². The van der Waals surface area contributed by atoms with Gasteiger partial charge in [-0.25, -0.2) is 5.84 Å². The maximum atomic E-state index is 5.29. The van der Waals surface area contributed by atoms with Crippen molar-refractivity contribution in [1.82, 2.24) is 10.2 Å². The number of hydrogen-bond acceptors (Lipinski definition) is 7. The molecule has 0 fully saturated rings. The number of nitrogens with one attached hydrogen (secondary N) is 1. The Hall–Kier alpha value is -0.760. The molecule has 0 aromatic carbocycles. The van der Waals surface area contributed by atoms with Crippen LogP contribution < -0.4 is 11.3 Å². The van der Waals surface area contributed by atoms with Gasteiger partial charge < -0.3 is 9.47 Å². The number of nitrogens with zero attached hydrogens (tertiary/aromatic N) is 2. The van der Waals surface area contributed by atoms with Crippen molar-refractivity contribution in [2.24, 2.45) is 5.84 Å². The first-order valence-corrected chi connectivity index (χ1v) is 5.13. The molecule has 0 saturated heterocycles. The van der Waals surface area contributed by atoms with Gasteiger partial charge in [0.25, 0.3) is 0 Å². The molecule has 0 amide bonds. The van der Waals surface area contributed by atoms with Crippen molar-refractivity contribution in [3.05, 3.63) is 5.01 Å². The van der Waals surface area contributed by atoms with Gasteiger partial charge in [0, 0.05) is 6.61 Å². The highest BCUT2D eigenvalue weighted by molar-refractivity contribution is 7.15. The summed E-state index contributed by atoms with van der Waals surface area (Å²) in [5.74, 6) is 5.15. The maximum Gasteiger partial charge on any atom is 0.219 e. The van der Waals surface area contributed by atoms with Crippen LogP contribution in [0.15, 0.2) is 0 Å². The molecule has 1 aromatic rings. The van der Waals surface area contributed by atoms with Crippen LogP contribution >= 0.6 is 11.3 Å². The van der Waals surface area contributed by atoms with Crippen molar-refractivity contribution in [3.8, 4) is 0 Å². The average Bonchev–Trinajstić information content (AvgIpc) is 2.65. The zero-order chi connectivity index (χ0) is 10.2. The van der Waals surface area contributed by atoms with Gasteiger partial charge in [0.2, 0.25) is 5.13 Å². The Morgan fingerprint density at radius 2 is 2.14 bits per heavy atom. The molecule has 6 nitrogen and oxygen atoms in total. The van der Waals surface area contributed by atoms with Crippen molar-refractivity contribution >= 4 is 16.5 Å². The molecular formula is C7H14N4O2S. The van der Waals surface area contributed by atoms with Crippen LogP contribution in [0.1, 0.15) is 11.9 Å². The van der Waals surface area contributed by atoms with Crippen molar-refractivity contribution in [1.29, 1.82) is 0 Å². The van der Waals surface area contributed by atoms with E-state index < -0.39 is 0 Å². The predicted molar refractivity (Wildman–Crippen MR) is 53.9 cm³/mol. The number of anilines is 1. The minimum Gasteiger partial charge on any atom is -0.379 e. The second kappa shape index (κ2) is 6.66. The molecule has 1 heterocycles. The minimum absolute atomic E-state index is 0.451. The molecule has 0 aliphatic heterocycles. The number of hydrazine groups is 1. The first kappa shape index (κ1) is 11.3. The summed E-state index contributed by atoms with van der Waals surface area (Å²) < 4.78 is 10.4. The highest BCUT2D eigenvalue weighted by atomic mass is 32.1. The normalized spacial score (nSPS) is 10.4. The fraction of sp³-hybridized carbons (Fsp3) is 0.714. The Morgan fingerprint density at radius 1 is 1.36 bits per heavy atom. The molecule has 0 radical (unpaired) electrons. The number of rotatable bonds is 7. The third-order valence-electron chi connectivity index (χ3n) is 1.39. The third kappa shape index (κ3) is 3.97. The number of aromatic nitrogens is 2. The summed E-state index contributed by atoms with van der Waals surface area (Å²) in [4.78, 5) is 0. The summed E-state index contributed by atoms with van der Waals surface area (Å²) in [6, 6.07) is 0. The number of nitrogens with two attached hydrogens (primary N) is 1. The van der Waals surface area contributed by atoms with E-state index in [-0.39, 0.29) is 0 Å². The summed E-state index contributed by atoms with van der Waals surface area (Å²) in [7, 11) is 0. The van der Waals surface area contributed by atoms with Crippen LogP contribution in [0.5, 0.6) is 0 Å². The van der Waals surface area contributed by atoms with Crippen molar-refractivity contribution in [2.45, 2.75) is 13.5 Å². The van der Waals surface area contributed by atoms with Gasteiger partial charge in [-0.2, -0.15) is 0 Å². The van der Waals surface area contributed by atoms with Crippen molar-refractivity contribution in [3.63, 3.8) is 0 Å². The summed E-state index contributed by atoms with van der Waals surface area (Å²) in [6.45, 7) is 4.29. The molecule has 0 aliphatic rings. The van der Waals surface area contributed by atoms with Gasteiger partial charge in [-0.1, -0.05) is 11.3 Å². The van der Waals surface area contributed by atoms with E-state index in [0.717, 1.165) is 5.01 Å². The Labute approximate surface area is 86.4 Å². The molecule has 0 unspecified atom stereocenters. The van der Waals surface area contributed by atoms with Gasteiger partial charge in [-0.15, -0.1) is 10.2 Å². The van der Waals surface area contributed by atoms with Gasteiger partial charge in [0.15, 0.2) is 0 Å². The van der Waals surface area contributed by atoms with Crippen LogP contribution in [0.3, 0.4) is 0 Å². The van der Waals surface area contributed by atoms with E-state index in [0.29, 0.717) is 31.6 Å². The summed E-state index contributed by atoms with van der Waals surface area (Å²) in [5, 5.41) is 9.03. The first-order chi connectivity index (χ1) is 6.86. The highest BCUT2D eigenvalue weighted by Gasteiger charge is 2.01. The molecule has 14 heavy (non-hydrogen) atoms. The molecule has 80 valence electrons. The van der Waals surface area contributed by atoms with E-state index >= 15 is 0 Å². The van der Waals surface area contributed by atoms with Crippen LogP contribution in [0.2, 0.25) is 0 Å². The lowest BCUT2D eigenvalue weighted by Crippen LogP contribution is -2.05. The standard InChI is InChI=1S/C7H14N4O2S/c1-2-12-3-4-13-5-6-10-11-7(9-8)14-6/h2-5,8H2,1H3,(H,9,11). The molecule has 3 N–H and O–H groups in total. The lowest BCUT2D eigenvalue weighted by atomic mass is 10.7. The van der Waals surface area contributed by atoms with Crippen LogP contribution in [0.4, 0.5) is 5.13 Å². The van der Waals surface area contributed by atoms with E-state index in [1.165, 1.54) is 11.3 Å². The van der Waals surface area contributed by atoms with E-state index in [9.17, 15) is 0 Å². The van der Waals surface area contributed by atoms with Gasteiger partial charge in [0.1, 0.15) is 11.6 Å². The average molecular weight is 218 g/mol. The van der Waals surface area contributed by atoms with Crippen LogP contribution in [-0.4, -0.2) is 30.0 Å². The highest BCUT2D eigenvalue weighted by Crippen LogP contribution is 2.13. The summed E-state index contributed by atoms with van der Waals surface area (Å²) in [6.07, 6.45) is 0. The van der Waals surface area contributed by atoms with Gasteiger partial charge in [-0.3, -0.25) is 5.43 Å². The second-order valence-electron chi connectivity index (χ2n) is 2.39. The zero-order valence-electron chi connectivity index (χ0n) is 8.02. The molecule has 0 bridgehead atoms. The molecule has 0 spiro atoms. The molecule has 0 saturated carbocycles. The van der Waals surface area contributed by atoms with Gasteiger partial charge >= 0.3 is 0 Å². The minimum atomic E-state index is 0.451. The SMILES string of the molecule is CCOCCOCc1nnc(NN)s1. The second-order valence-corrected chi connectivity index (χ2v) is 3.46. The molecule has 0 atom stereocenters. The number of ether oxygens (including phenoxy) is 2. The summed E-state index contributed by atoms with van der Waals surface area (Å²) in [5.41, 5.74) is 2.42. The van der Waals surface area contributed by atoms with Crippen LogP contribution in [-0.2, 0) is 16.1 Å². The molecule has 7 heteroatoms. The summed E-state index contributed by atoms with van der Waals surface area (Å²) >= 11 is 1.37. The maximum absolute atomic E-state index is 5.29. The predicted octanol–water partition coefficient (Wildman–Crippen LogP) is 0.377. The van der Waals surface area contributed by atoms with Crippen LogP contribution in [0.25, 0.3) is 0 Å². The lowest BCUT2D eigenvalue weighted by Gasteiger charge is -2.00. The molecular weight excluding hydrogens is 204 g/mol. The monoisotopic (exact) mass is 218 g/mol. The van der Waals surface area contributed by atoms with E-state index in [2.05, 4.69) is 15.6 Å². The first-order valence-electron chi connectivity index (χ1n) is 4.31.